The number of hydrogen-bond acceptors (Lipinski definition) is 7. The van der Waals surface area contributed by atoms with Crippen molar-refractivity contribution in [2.75, 3.05) is 29.9 Å². The molecule has 2 aromatic rings. The third-order valence-corrected chi connectivity index (χ3v) is 8.05. The molecule has 9 heteroatoms. The van der Waals surface area contributed by atoms with Gasteiger partial charge < -0.3 is 20.2 Å². The van der Waals surface area contributed by atoms with Gasteiger partial charge in [-0.05, 0) is 51.4 Å². The lowest BCUT2D eigenvalue weighted by molar-refractivity contribution is -0.133. The number of amides is 1. The van der Waals surface area contributed by atoms with E-state index in [2.05, 4.69) is 21.6 Å². The number of aromatic amines is 1. The van der Waals surface area contributed by atoms with E-state index in [1.54, 1.807) is 0 Å². The second-order valence-corrected chi connectivity index (χ2v) is 10.4. The fourth-order valence-corrected chi connectivity index (χ4v) is 6.21. The number of hydrogen-bond donors (Lipinski definition) is 3. The van der Waals surface area contributed by atoms with Crippen molar-refractivity contribution in [1.82, 2.24) is 25.1 Å². The summed E-state index contributed by atoms with van der Waals surface area (Å²) in [6.07, 6.45) is 11.1. The lowest BCUT2D eigenvalue weighted by Gasteiger charge is -2.32. The Kier molecular flexibility index (Phi) is 5.89. The zero-order valence-electron chi connectivity index (χ0n) is 19.8. The van der Waals surface area contributed by atoms with Gasteiger partial charge in [0.15, 0.2) is 5.82 Å². The van der Waals surface area contributed by atoms with E-state index in [1.165, 1.54) is 37.8 Å². The van der Waals surface area contributed by atoms with Gasteiger partial charge >= 0.3 is 0 Å². The van der Waals surface area contributed by atoms with E-state index >= 15 is 0 Å². The number of H-pyrrole nitrogens is 1. The van der Waals surface area contributed by atoms with Gasteiger partial charge in [0.1, 0.15) is 11.9 Å². The fourth-order valence-electron chi connectivity index (χ4n) is 6.21. The Balaban J connectivity index is 1.27. The van der Waals surface area contributed by atoms with Gasteiger partial charge in [-0.25, -0.2) is 4.98 Å². The van der Waals surface area contributed by atoms with Crippen LogP contribution >= 0.6 is 0 Å². The van der Waals surface area contributed by atoms with Gasteiger partial charge in [0, 0.05) is 49.3 Å². The Hall–Kier alpha value is -2.68. The molecule has 0 bridgehead atoms. The number of anilines is 3. The van der Waals surface area contributed by atoms with Crippen LogP contribution in [0.25, 0.3) is 0 Å². The van der Waals surface area contributed by atoms with E-state index in [1.807, 2.05) is 9.80 Å². The minimum atomic E-state index is -0.549. The number of nitrogens with zero attached hydrogens (tertiary/aromatic N) is 5. The molecule has 4 heterocycles. The molecule has 2 saturated heterocycles. The maximum absolute atomic E-state index is 13.4. The van der Waals surface area contributed by atoms with Gasteiger partial charge in [-0.1, -0.05) is 12.8 Å². The molecule has 3 N–H and O–H groups in total. The first-order chi connectivity index (χ1) is 16.7. The highest BCUT2D eigenvalue weighted by atomic mass is 16.3. The molecule has 2 unspecified atom stereocenters. The third-order valence-electron chi connectivity index (χ3n) is 8.05. The van der Waals surface area contributed by atoms with Gasteiger partial charge in [0.2, 0.25) is 11.9 Å². The largest absolute Gasteiger partial charge is 0.391 e. The first-order valence-electron chi connectivity index (χ1n) is 13.1. The number of aromatic nitrogens is 4. The van der Waals surface area contributed by atoms with Crippen molar-refractivity contribution < 1.29 is 9.90 Å². The molecule has 4 aliphatic rings. The average molecular weight is 466 g/mol. The summed E-state index contributed by atoms with van der Waals surface area (Å²) in [6.45, 7) is 2.00. The summed E-state index contributed by atoms with van der Waals surface area (Å²) in [6, 6.07) is 1.71. The number of rotatable bonds is 5. The van der Waals surface area contributed by atoms with E-state index in [-0.39, 0.29) is 5.91 Å². The van der Waals surface area contributed by atoms with Gasteiger partial charge in [-0.3, -0.25) is 9.89 Å². The number of nitrogens with one attached hydrogen (secondary N) is 2. The van der Waals surface area contributed by atoms with Crippen molar-refractivity contribution in [2.45, 2.75) is 88.7 Å². The van der Waals surface area contributed by atoms with E-state index in [9.17, 15) is 9.90 Å². The van der Waals surface area contributed by atoms with Crippen LogP contribution in [-0.4, -0.2) is 67.9 Å². The molecule has 3 fully saturated rings. The fraction of sp³-hybridized carbons (Fsp3) is 0.680. The van der Waals surface area contributed by atoms with Crippen molar-refractivity contribution in [2.24, 2.45) is 0 Å². The summed E-state index contributed by atoms with van der Waals surface area (Å²) in [4.78, 5) is 27.0. The molecule has 2 aliphatic carbocycles. The van der Waals surface area contributed by atoms with Gasteiger partial charge in [-0.2, -0.15) is 10.1 Å². The zero-order valence-corrected chi connectivity index (χ0v) is 19.8. The van der Waals surface area contributed by atoms with Crippen LogP contribution in [0.2, 0.25) is 0 Å². The van der Waals surface area contributed by atoms with Crippen molar-refractivity contribution >= 4 is 23.5 Å². The number of carbonyl (C=O) groups excluding carboxylic acids is 1. The van der Waals surface area contributed by atoms with Crippen LogP contribution in [0.15, 0.2) is 6.07 Å². The molecule has 0 spiro atoms. The zero-order chi connectivity index (χ0) is 23.1. The molecule has 2 atom stereocenters. The van der Waals surface area contributed by atoms with Crippen LogP contribution in [0.5, 0.6) is 0 Å². The third kappa shape index (κ3) is 4.15. The molecule has 2 aliphatic heterocycles. The van der Waals surface area contributed by atoms with Gasteiger partial charge in [0.05, 0.1) is 11.8 Å². The Bertz CT molecular complexity index is 1040. The smallest absolute Gasteiger partial charge is 0.245 e. The number of aliphatic hydroxyl groups excluding tert-OH is 1. The van der Waals surface area contributed by atoms with Crippen LogP contribution in [0.4, 0.5) is 17.6 Å². The average Bonchev–Trinajstić information content (AvgIpc) is 3.65. The molecular weight excluding hydrogens is 430 g/mol. The minimum absolute atomic E-state index is 0.100. The maximum atomic E-state index is 13.4. The topological polar surface area (TPSA) is 110 Å². The Morgan fingerprint density at radius 1 is 1.06 bits per heavy atom. The standard InChI is InChI=1S/C25H35N7O2/c33-17-13-21(24(34)31-11-4-1-5-12-31)32(15-17)25-26-19-10-6-9-18(19)23(28-25)27-22-14-20(29-30-22)16-7-2-3-8-16/h14,16-17,21,33H,1-13,15H2,(H2,26,27,28,29,30). The van der Waals surface area contributed by atoms with Crippen LogP contribution in [0.1, 0.15) is 80.7 Å². The molecule has 1 saturated carbocycles. The lowest BCUT2D eigenvalue weighted by atomic mass is 10.0. The van der Waals surface area contributed by atoms with Crippen LogP contribution in [-0.2, 0) is 17.6 Å². The lowest BCUT2D eigenvalue weighted by Crippen LogP contribution is -2.48. The van der Waals surface area contributed by atoms with Crippen LogP contribution < -0.4 is 10.2 Å². The molecule has 0 radical (unpaired) electrons. The summed E-state index contributed by atoms with van der Waals surface area (Å²) < 4.78 is 0. The molecule has 182 valence electrons. The minimum Gasteiger partial charge on any atom is -0.391 e. The number of likely N-dealkylation sites (tertiary alicyclic amines) is 1. The molecule has 2 aromatic heterocycles. The highest BCUT2D eigenvalue weighted by Crippen LogP contribution is 2.36. The van der Waals surface area contributed by atoms with Gasteiger partial charge in [-0.15, -0.1) is 0 Å². The van der Waals surface area contributed by atoms with E-state index < -0.39 is 12.1 Å². The summed E-state index contributed by atoms with van der Waals surface area (Å²) in [7, 11) is 0. The van der Waals surface area contributed by atoms with Crippen LogP contribution in [0, 0.1) is 0 Å². The molecule has 34 heavy (non-hydrogen) atoms. The normalized spacial score (nSPS) is 25.2. The first kappa shape index (κ1) is 21.8. The Morgan fingerprint density at radius 3 is 2.71 bits per heavy atom. The number of fused-ring (bicyclic) bond motifs is 1. The van der Waals surface area contributed by atoms with E-state index in [0.29, 0.717) is 24.8 Å². The number of piperidine rings is 1. The Labute approximate surface area is 200 Å². The number of aliphatic hydroxyl groups is 1. The SMILES string of the molecule is O=C(C1CC(O)CN1c1nc2c(c(Nc3cc(C4CCCC4)[nH]n3)n1)CCC2)N1CCCCC1. The second kappa shape index (κ2) is 9.17. The Morgan fingerprint density at radius 2 is 1.88 bits per heavy atom. The van der Waals surface area contributed by atoms with Crippen molar-refractivity contribution in [3.8, 4) is 0 Å². The highest BCUT2D eigenvalue weighted by molar-refractivity contribution is 5.85. The quantitative estimate of drug-likeness (QED) is 0.622. The van der Waals surface area contributed by atoms with Crippen molar-refractivity contribution in [3.63, 3.8) is 0 Å². The number of carbonyl (C=O) groups is 1. The number of β-amino-alcohol motifs (C(OH)–C–C–N with tert-alkyl or cyclic N) is 1. The van der Waals surface area contributed by atoms with Crippen molar-refractivity contribution in [1.29, 1.82) is 0 Å². The molecular formula is C25H35N7O2. The number of aryl methyl sites for hydroxylation is 1. The van der Waals surface area contributed by atoms with Gasteiger partial charge in [0.25, 0.3) is 0 Å². The summed E-state index contributed by atoms with van der Waals surface area (Å²) in [5.41, 5.74) is 3.39. The first-order valence-corrected chi connectivity index (χ1v) is 13.1. The maximum Gasteiger partial charge on any atom is 0.245 e. The molecule has 9 nitrogen and oxygen atoms in total. The molecule has 1 amide bonds. The van der Waals surface area contributed by atoms with E-state index in [4.69, 9.17) is 9.97 Å². The monoisotopic (exact) mass is 465 g/mol. The van der Waals surface area contributed by atoms with Crippen LogP contribution in [0.3, 0.4) is 0 Å². The van der Waals surface area contributed by atoms with Crippen molar-refractivity contribution in [3.05, 3.63) is 23.0 Å². The predicted molar refractivity (Wildman–Crippen MR) is 129 cm³/mol. The molecule has 0 aromatic carbocycles. The van der Waals surface area contributed by atoms with E-state index in [0.717, 1.165) is 68.1 Å². The summed E-state index contributed by atoms with van der Waals surface area (Å²) in [5, 5.41) is 21.7. The molecule has 6 rings (SSSR count). The summed E-state index contributed by atoms with van der Waals surface area (Å²) >= 11 is 0. The predicted octanol–water partition coefficient (Wildman–Crippen LogP) is 3.04. The summed E-state index contributed by atoms with van der Waals surface area (Å²) in [5.74, 6) is 2.78. The second-order valence-electron chi connectivity index (χ2n) is 10.4. The highest BCUT2D eigenvalue weighted by Gasteiger charge is 2.40.